The van der Waals surface area contributed by atoms with Crippen LogP contribution in [-0.2, 0) is 16.6 Å². The third-order valence-electron chi connectivity index (χ3n) is 6.04. The number of rotatable bonds is 2. The van der Waals surface area contributed by atoms with Crippen LogP contribution >= 0.6 is 0 Å². The van der Waals surface area contributed by atoms with Crippen LogP contribution in [0.2, 0.25) is 0 Å². The zero-order chi connectivity index (χ0) is 16.7. The van der Waals surface area contributed by atoms with Gasteiger partial charge in [0.1, 0.15) is 5.60 Å². The smallest absolute Gasteiger partial charge is 0.197 e. The number of ether oxygens (including phenoxy) is 1. The fourth-order valence-electron chi connectivity index (χ4n) is 5.06. The monoisotopic (exact) mass is 325 g/mol. The number of hydrogen-bond acceptors (Lipinski definition) is 5. The normalized spacial score (nSPS) is 37.4. The second-order valence-electron chi connectivity index (χ2n) is 7.15. The van der Waals surface area contributed by atoms with Gasteiger partial charge < -0.3 is 19.8 Å². The molecule has 2 aliphatic heterocycles. The molecule has 0 saturated carbocycles. The predicted octanol–water partition coefficient (Wildman–Crippen LogP) is 1.43. The van der Waals surface area contributed by atoms with Crippen molar-refractivity contribution in [3.63, 3.8) is 0 Å². The van der Waals surface area contributed by atoms with E-state index in [9.17, 15) is 15.0 Å². The number of aromatic hydroxyl groups is 1. The molecule has 2 bridgehead atoms. The molecule has 0 saturated heterocycles. The number of phenolic OH excluding ortho intramolecular Hbond substituents is 1. The van der Waals surface area contributed by atoms with E-state index in [-0.39, 0.29) is 17.6 Å². The standard InChI is InChI=1S/C19H19NO4/c1-2-8-20-9-7-18-15-11-3-4-12(21)16(15)24-17(18)13(22)5-6-19(18,23)14(20)10-11/h3-7,9,14,17,21,23H,2,8,10H2,1H3/t14-,17+,18+,19-/m1/s1. The molecule has 2 heterocycles. The topological polar surface area (TPSA) is 70.0 Å². The van der Waals surface area contributed by atoms with E-state index in [0.29, 0.717) is 12.2 Å². The van der Waals surface area contributed by atoms with Gasteiger partial charge >= 0.3 is 0 Å². The Morgan fingerprint density at radius 3 is 3.00 bits per heavy atom. The maximum absolute atomic E-state index is 12.5. The quantitative estimate of drug-likeness (QED) is 0.861. The molecule has 4 aliphatic rings. The van der Waals surface area contributed by atoms with Crippen LogP contribution in [0.15, 0.2) is 36.6 Å². The first-order valence-corrected chi connectivity index (χ1v) is 8.45. The average Bonchev–Trinajstić information content (AvgIpc) is 2.91. The van der Waals surface area contributed by atoms with Crippen LogP contribution in [0.5, 0.6) is 11.5 Å². The van der Waals surface area contributed by atoms with Crippen molar-refractivity contribution < 1.29 is 19.7 Å². The summed E-state index contributed by atoms with van der Waals surface area (Å²) in [6, 6.07) is 3.36. The predicted molar refractivity (Wildman–Crippen MR) is 86.9 cm³/mol. The van der Waals surface area contributed by atoms with Gasteiger partial charge in [0.2, 0.25) is 0 Å². The third-order valence-corrected chi connectivity index (χ3v) is 6.04. The number of benzene rings is 1. The van der Waals surface area contributed by atoms with E-state index < -0.39 is 17.1 Å². The van der Waals surface area contributed by atoms with Gasteiger partial charge in [-0.15, -0.1) is 0 Å². The fraction of sp³-hybridized carbons (Fsp3) is 0.421. The summed E-state index contributed by atoms with van der Waals surface area (Å²) in [6.07, 6.45) is 7.80. The molecule has 5 heteroatoms. The van der Waals surface area contributed by atoms with E-state index in [2.05, 4.69) is 11.8 Å². The Labute approximate surface area is 139 Å². The average molecular weight is 325 g/mol. The van der Waals surface area contributed by atoms with Crippen molar-refractivity contribution >= 4 is 5.78 Å². The van der Waals surface area contributed by atoms with Crippen molar-refractivity contribution in [1.82, 2.24) is 4.90 Å². The Bertz CT molecular complexity index is 829. The van der Waals surface area contributed by atoms with Gasteiger partial charge in [-0.05, 0) is 42.8 Å². The van der Waals surface area contributed by atoms with Crippen molar-refractivity contribution in [2.45, 2.75) is 42.9 Å². The molecular weight excluding hydrogens is 306 g/mol. The van der Waals surface area contributed by atoms with E-state index in [0.717, 1.165) is 24.1 Å². The van der Waals surface area contributed by atoms with Gasteiger partial charge in [0, 0.05) is 12.1 Å². The SMILES string of the molecule is CCCN1C=C[C@]23c4c5ccc(O)c4O[C@H]2C(=O)C=C[C@@]3(O)[C@H]1C5. The first kappa shape index (κ1) is 14.1. The van der Waals surface area contributed by atoms with Gasteiger partial charge in [-0.1, -0.05) is 19.1 Å². The molecule has 1 spiro atoms. The highest BCUT2D eigenvalue weighted by molar-refractivity contribution is 5.99. The summed E-state index contributed by atoms with van der Waals surface area (Å²) in [4.78, 5) is 14.7. The summed E-state index contributed by atoms with van der Waals surface area (Å²) in [7, 11) is 0. The fourth-order valence-corrected chi connectivity index (χ4v) is 5.06. The minimum Gasteiger partial charge on any atom is -0.504 e. The minimum atomic E-state index is -1.22. The number of carbonyl (C=O) groups excluding carboxylic acids is 1. The Kier molecular flexibility index (Phi) is 2.48. The van der Waals surface area contributed by atoms with Crippen LogP contribution in [0.4, 0.5) is 0 Å². The summed E-state index contributed by atoms with van der Waals surface area (Å²) in [5, 5.41) is 22.0. The molecule has 24 heavy (non-hydrogen) atoms. The summed E-state index contributed by atoms with van der Waals surface area (Å²) < 4.78 is 5.90. The number of aliphatic hydroxyl groups is 1. The molecule has 5 rings (SSSR count). The minimum absolute atomic E-state index is 0.0236. The molecule has 1 aromatic rings. The van der Waals surface area contributed by atoms with Gasteiger partial charge in [0.25, 0.3) is 0 Å². The Morgan fingerprint density at radius 2 is 2.21 bits per heavy atom. The van der Waals surface area contributed by atoms with Crippen molar-refractivity contribution in [3.8, 4) is 11.5 Å². The molecule has 2 aliphatic carbocycles. The number of hydrogen-bond donors (Lipinski definition) is 2. The highest BCUT2D eigenvalue weighted by Crippen LogP contribution is 2.62. The molecule has 0 radical (unpaired) electrons. The van der Waals surface area contributed by atoms with E-state index >= 15 is 0 Å². The maximum Gasteiger partial charge on any atom is 0.197 e. The van der Waals surface area contributed by atoms with Crippen molar-refractivity contribution in [2.75, 3.05) is 6.54 Å². The first-order valence-electron chi connectivity index (χ1n) is 8.45. The maximum atomic E-state index is 12.5. The molecule has 0 amide bonds. The summed E-state index contributed by atoms with van der Waals surface area (Å²) in [6.45, 7) is 2.95. The lowest BCUT2D eigenvalue weighted by Gasteiger charge is -2.58. The number of carbonyl (C=O) groups is 1. The van der Waals surface area contributed by atoms with Crippen LogP contribution in [-0.4, -0.2) is 45.2 Å². The molecule has 124 valence electrons. The second-order valence-corrected chi connectivity index (χ2v) is 7.15. The summed E-state index contributed by atoms with van der Waals surface area (Å²) >= 11 is 0. The zero-order valence-corrected chi connectivity index (χ0v) is 13.4. The first-order chi connectivity index (χ1) is 11.5. The molecule has 5 nitrogen and oxygen atoms in total. The number of nitrogens with zero attached hydrogens (tertiary/aromatic N) is 1. The van der Waals surface area contributed by atoms with Gasteiger partial charge in [-0.2, -0.15) is 0 Å². The third kappa shape index (κ3) is 1.31. The lowest BCUT2D eigenvalue weighted by Crippen LogP contribution is -2.72. The van der Waals surface area contributed by atoms with E-state index in [1.54, 1.807) is 12.1 Å². The van der Waals surface area contributed by atoms with Crippen LogP contribution in [0.3, 0.4) is 0 Å². The molecule has 0 unspecified atom stereocenters. The van der Waals surface area contributed by atoms with Crippen LogP contribution in [0.1, 0.15) is 24.5 Å². The molecule has 1 aromatic carbocycles. The highest BCUT2D eigenvalue weighted by Gasteiger charge is 2.70. The molecule has 4 atom stereocenters. The van der Waals surface area contributed by atoms with Crippen LogP contribution in [0.25, 0.3) is 0 Å². The second kappa shape index (κ2) is 4.22. The Hall–Kier alpha value is -2.27. The Morgan fingerprint density at radius 1 is 1.38 bits per heavy atom. The highest BCUT2D eigenvalue weighted by atomic mass is 16.5. The molecule has 0 aromatic heterocycles. The number of phenols is 1. The van der Waals surface area contributed by atoms with Crippen molar-refractivity contribution in [3.05, 3.63) is 47.7 Å². The van der Waals surface area contributed by atoms with Gasteiger partial charge in [-0.3, -0.25) is 4.79 Å². The van der Waals surface area contributed by atoms with Crippen molar-refractivity contribution in [1.29, 1.82) is 0 Å². The largest absolute Gasteiger partial charge is 0.504 e. The lowest BCUT2D eigenvalue weighted by molar-refractivity contribution is -0.135. The van der Waals surface area contributed by atoms with Gasteiger partial charge in [0.15, 0.2) is 23.4 Å². The number of ketones is 1. The zero-order valence-electron chi connectivity index (χ0n) is 13.4. The molecule has 2 N–H and O–H groups in total. The van der Waals surface area contributed by atoms with Gasteiger partial charge in [0.05, 0.1) is 11.5 Å². The van der Waals surface area contributed by atoms with Gasteiger partial charge in [-0.25, -0.2) is 0 Å². The molecular formula is C19H19NO4. The molecule has 0 fully saturated rings. The van der Waals surface area contributed by atoms with Crippen LogP contribution < -0.4 is 4.74 Å². The lowest BCUT2D eigenvalue weighted by atomic mass is 9.52. The van der Waals surface area contributed by atoms with E-state index in [1.807, 2.05) is 18.3 Å². The summed E-state index contributed by atoms with van der Waals surface area (Å²) in [5.74, 6) is 0.200. The van der Waals surface area contributed by atoms with E-state index in [4.69, 9.17) is 4.74 Å². The van der Waals surface area contributed by atoms with Crippen LogP contribution in [0, 0.1) is 0 Å². The van der Waals surface area contributed by atoms with E-state index in [1.165, 1.54) is 6.08 Å². The summed E-state index contributed by atoms with van der Waals surface area (Å²) in [5.41, 5.74) is -0.360. The van der Waals surface area contributed by atoms with Crippen molar-refractivity contribution in [2.24, 2.45) is 0 Å². The Balaban J connectivity index is 1.85.